The largest absolute Gasteiger partial charge is 0.463 e. The third kappa shape index (κ3) is 2.50. The Bertz CT molecular complexity index is 677. The first-order valence-corrected chi connectivity index (χ1v) is 6.00. The van der Waals surface area contributed by atoms with E-state index in [4.69, 9.17) is 10.00 Å². The number of nitrogens with zero attached hydrogens (tertiary/aromatic N) is 2. The minimum absolute atomic E-state index is 0.336. The summed E-state index contributed by atoms with van der Waals surface area (Å²) in [6.45, 7) is 6.19. The predicted octanol–water partition coefficient (Wildman–Crippen LogP) is 2.63. The van der Waals surface area contributed by atoms with Gasteiger partial charge in [-0.25, -0.2) is 4.79 Å². The van der Waals surface area contributed by atoms with Gasteiger partial charge in [-0.3, -0.25) is 0 Å². The number of rotatable bonds is 4. The molecule has 0 spiro atoms. The molecule has 1 heterocycles. The van der Waals surface area contributed by atoms with Crippen molar-refractivity contribution in [2.75, 3.05) is 6.61 Å². The van der Waals surface area contributed by atoms with Crippen molar-refractivity contribution in [3.8, 4) is 6.07 Å². The molecule has 19 heavy (non-hydrogen) atoms. The number of benzene rings is 1. The molecule has 1 aromatic heterocycles. The van der Waals surface area contributed by atoms with Crippen LogP contribution in [0.3, 0.4) is 0 Å². The van der Waals surface area contributed by atoms with Crippen LogP contribution < -0.4 is 0 Å². The molecule has 2 aromatic rings. The highest BCUT2D eigenvalue weighted by Crippen LogP contribution is 2.20. The van der Waals surface area contributed by atoms with E-state index in [0.717, 1.165) is 10.9 Å². The van der Waals surface area contributed by atoms with Gasteiger partial charge in [-0.15, -0.1) is 0 Å². The van der Waals surface area contributed by atoms with Gasteiger partial charge in [0.1, 0.15) is 0 Å². The van der Waals surface area contributed by atoms with Gasteiger partial charge >= 0.3 is 5.97 Å². The molecule has 2 rings (SSSR count). The molecule has 0 atom stereocenters. The van der Waals surface area contributed by atoms with E-state index in [0.29, 0.717) is 24.3 Å². The van der Waals surface area contributed by atoms with Gasteiger partial charge in [0.25, 0.3) is 0 Å². The highest BCUT2D eigenvalue weighted by Gasteiger charge is 2.11. The molecule has 0 radical (unpaired) electrons. The number of carbonyl (C=O) groups is 1. The summed E-state index contributed by atoms with van der Waals surface area (Å²) in [5, 5.41) is 9.91. The lowest BCUT2D eigenvalue weighted by atomic mass is 10.1. The monoisotopic (exact) mass is 254 g/mol. The first kappa shape index (κ1) is 12.9. The highest BCUT2D eigenvalue weighted by molar-refractivity contribution is 5.89. The Morgan fingerprint density at radius 1 is 1.47 bits per heavy atom. The maximum absolute atomic E-state index is 11.5. The number of hydrogen-bond acceptors (Lipinski definition) is 3. The second-order valence-electron chi connectivity index (χ2n) is 4.12. The number of nitriles is 1. The van der Waals surface area contributed by atoms with Crippen LogP contribution in [0.5, 0.6) is 0 Å². The maximum atomic E-state index is 11.5. The zero-order valence-corrected chi connectivity index (χ0v) is 10.7. The Balaban J connectivity index is 2.30. The zero-order valence-electron chi connectivity index (χ0n) is 10.7. The van der Waals surface area contributed by atoms with E-state index >= 15 is 0 Å². The Hall–Kier alpha value is -2.54. The second-order valence-corrected chi connectivity index (χ2v) is 4.12. The number of esters is 1. The summed E-state index contributed by atoms with van der Waals surface area (Å²) in [5.41, 5.74) is 1.92. The fourth-order valence-electron chi connectivity index (χ4n) is 1.96. The average Bonchev–Trinajstić information content (AvgIpc) is 2.82. The predicted molar refractivity (Wildman–Crippen MR) is 72.4 cm³/mol. The van der Waals surface area contributed by atoms with E-state index < -0.39 is 0 Å². The summed E-state index contributed by atoms with van der Waals surface area (Å²) < 4.78 is 6.79. The van der Waals surface area contributed by atoms with E-state index in [9.17, 15) is 4.79 Å². The lowest BCUT2D eigenvalue weighted by Gasteiger charge is -2.08. The van der Waals surface area contributed by atoms with Gasteiger partial charge < -0.3 is 9.30 Å². The van der Waals surface area contributed by atoms with Crippen LogP contribution in [0.4, 0.5) is 0 Å². The molecule has 0 unspecified atom stereocenters. The Morgan fingerprint density at radius 2 is 2.26 bits per heavy atom. The lowest BCUT2D eigenvalue weighted by molar-refractivity contribution is -0.138. The summed E-state index contributed by atoms with van der Waals surface area (Å²) >= 11 is 0. The molecular formula is C15H14N2O2. The van der Waals surface area contributed by atoms with Crippen molar-refractivity contribution in [2.45, 2.75) is 13.5 Å². The molecule has 0 aliphatic rings. The fourth-order valence-corrected chi connectivity index (χ4v) is 1.96. The average molecular weight is 254 g/mol. The van der Waals surface area contributed by atoms with Crippen LogP contribution in [0.1, 0.15) is 12.5 Å². The molecule has 0 saturated carbocycles. The van der Waals surface area contributed by atoms with Gasteiger partial charge in [0.05, 0.1) is 24.8 Å². The van der Waals surface area contributed by atoms with Crippen molar-refractivity contribution in [3.63, 3.8) is 0 Å². The van der Waals surface area contributed by atoms with Crippen LogP contribution in [-0.2, 0) is 16.1 Å². The molecule has 0 N–H and O–H groups in total. The first-order chi connectivity index (χ1) is 9.17. The smallest absolute Gasteiger partial charge is 0.335 e. The van der Waals surface area contributed by atoms with E-state index in [1.165, 1.54) is 0 Å². The van der Waals surface area contributed by atoms with Crippen LogP contribution in [0, 0.1) is 11.3 Å². The molecule has 4 heteroatoms. The molecule has 4 nitrogen and oxygen atoms in total. The van der Waals surface area contributed by atoms with Crippen molar-refractivity contribution in [3.05, 3.63) is 48.2 Å². The van der Waals surface area contributed by atoms with Gasteiger partial charge in [0.2, 0.25) is 0 Å². The van der Waals surface area contributed by atoms with E-state index in [1.807, 2.05) is 29.0 Å². The standard InChI is InChI=1S/C15H14N2O2/c1-3-19-15(18)11(2)10-17-8-7-13-12(9-16)5-4-6-14(13)17/h4-8H,2-3,10H2,1H3. The van der Waals surface area contributed by atoms with Crippen molar-refractivity contribution in [1.82, 2.24) is 4.57 Å². The van der Waals surface area contributed by atoms with E-state index in [2.05, 4.69) is 12.6 Å². The Labute approximate surface area is 111 Å². The number of carbonyl (C=O) groups excluding carboxylic acids is 1. The van der Waals surface area contributed by atoms with Crippen molar-refractivity contribution < 1.29 is 9.53 Å². The fraction of sp³-hybridized carbons (Fsp3) is 0.200. The molecule has 0 aliphatic carbocycles. The molecule has 0 bridgehead atoms. The van der Waals surface area contributed by atoms with Crippen LogP contribution in [-0.4, -0.2) is 17.1 Å². The molecule has 0 amide bonds. The number of aromatic nitrogens is 1. The zero-order chi connectivity index (χ0) is 13.8. The van der Waals surface area contributed by atoms with Crippen LogP contribution in [0.25, 0.3) is 10.9 Å². The van der Waals surface area contributed by atoms with Gasteiger partial charge in [-0.1, -0.05) is 12.6 Å². The summed E-state index contributed by atoms with van der Waals surface area (Å²) in [4.78, 5) is 11.5. The molecule has 0 aliphatic heterocycles. The minimum atomic E-state index is -0.388. The van der Waals surface area contributed by atoms with E-state index in [1.54, 1.807) is 13.0 Å². The molecule has 0 saturated heterocycles. The van der Waals surface area contributed by atoms with Gasteiger partial charge in [0.15, 0.2) is 0 Å². The number of ether oxygens (including phenoxy) is 1. The van der Waals surface area contributed by atoms with Crippen molar-refractivity contribution >= 4 is 16.9 Å². The number of fused-ring (bicyclic) bond motifs is 1. The van der Waals surface area contributed by atoms with Crippen LogP contribution in [0.15, 0.2) is 42.6 Å². The molecular weight excluding hydrogens is 240 g/mol. The lowest BCUT2D eigenvalue weighted by Crippen LogP contribution is -2.11. The third-order valence-electron chi connectivity index (χ3n) is 2.86. The topological polar surface area (TPSA) is 55.0 Å². The molecule has 96 valence electrons. The second kappa shape index (κ2) is 5.40. The quantitative estimate of drug-likeness (QED) is 0.622. The molecule has 1 aromatic carbocycles. The third-order valence-corrected chi connectivity index (χ3v) is 2.86. The normalized spacial score (nSPS) is 10.1. The summed E-state index contributed by atoms with van der Waals surface area (Å²) in [7, 11) is 0. The Morgan fingerprint density at radius 3 is 2.95 bits per heavy atom. The van der Waals surface area contributed by atoms with Gasteiger partial charge in [-0.05, 0) is 25.1 Å². The van der Waals surface area contributed by atoms with Gasteiger partial charge in [-0.2, -0.15) is 5.26 Å². The van der Waals surface area contributed by atoms with Crippen LogP contribution in [0.2, 0.25) is 0 Å². The molecule has 0 fully saturated rings. The van der Waals surface area contributed by atoms with Crippen molar-refractivity contribution in [2.24, 2.45) is 0 Å². The van der Waals surface area contributed by atoms with Crippen LogP contribution >= 0.6 is 0 Å². The van der Waals surface area contributed by atoms with Gasteiger partial charge in [0, 0.05) is 22.7 Å². The first-order valence-electron chi connectivity index (χ1n) is 6.00. The highest BCUT2D eigenvalue weighted by atomic mass is 16.5. The SMILES string of the molecule is C=C(Cn1ccc2c(C#N)cccc21)C(=O)OCC. The van der Waals surface area contributed by atoms with Crippen molar-refractivity contribution in [1.29, 1.82) is 5.26 Å². The Kier molecular flexibility index (Phi) is 3.67. The minimum Gasteiger partial charge on any atom is -0.463 e. The maximum Gasteiger partial charge on any atom is 0.335 e. The summed E-state index contributed by atoms with van der Waals surface area (Å²) in [6.07, 6.45) is 1.84. The van der Waals surface area contributed by atoms with E-state index in [-0.39, 0.29) is 5.97 Å². The summed E-state index contributed by atoms with van der Waals surface area (Å²) in [5.74, 6) is -0.388. The summed E-state index contributed by atoms with van der Waals surface area (Å²) in [6, 6.07) is 9.53. The number of hydrogen-bond donors (Lipinski definition) is 0.